The predicted octanol–water partition coefficient (Wildman–Crippen LogP) is 4.02. The van der Waals surface area contributed by atoms with Crippen molar-refractivity contribution in [1.82, 2.24) is 0 Å². The summed E-state index contributed by atoms with van der Waals surface area (Å²) in [7, 11) is 1.62. The zero-order chi connectivity index (χ0) is 19.2. The molecule has 4 rings (SSSR count). The van der Waals surface area contributed by atoms with Crippen molar-refractivity contribution in [3.63, 3.8) is 0 Å². The van der Waals surface area contributed by atoms with Crippen molar-refractivity contribution in [3.8, 4) is 23.0 Å². The number of methoxy groups -OCH3 is 1. The summed E-state index contributed by atoms with van der Waals surface area (Å²) in [5.74, 6) is 1.16. The van der Waals surface area contributed by atoms with Crippen molar-refractivity contribution in [2.24, 2.45) is 5.92 Å². The predicted molar refractivity (Wildman–Crippen MR) is 102 cm³/mol. The van der Waals surface area contributed by atoms with E-state index in [-0.39, 0.29) is 29.6 Å². The Morgan fingerprint density at radius 3 is 2.67 bits per heavy atom. The van der Waals surface area contributed by atoms with E-state index in [2.05, 4.69) is 0 Å². The number of benzene rings is 2. The molecule has 1 unspecified atom stereocenters. The van der Waals surface area contributed by atoms with Crippen LogP contribution in [-0.4, -0.2) is 30.2 Å². The average Bonchev–Trinajstić information content (AvgIpc) is 2.63. The van der Waals surface area contributed by atoms with Crippen molar-refractivity contribution in [2.75, 3.05) is 13.7 Å². The van der Waals surface area contributed by atoms with Gasteiger partial charge >= 0.3 is 0 Å². The van der Waals surface area contributed by atoms with E-state index in [1.165, 1.54) is 0 Å². The van der Waals surface area contributed by atoms with Crippen molar-refractivity contribution in [1.29, 1.82) is 0 Å². The lowest BCUT2D eigenvalue weighted by Gasteiger charge is -2.31. The van der Waals surface area contributed by atoms with Gasteiger partial charge in [0.05, 0.1) is 25.2 Å². The quantitative estimate of drug-likeness (QED) is 0.889. The molecule has 140 valence electrons. The molecule has 2 aromatic carbocycles. The number of aromatic hydroxyl groups is 1. The highest BCUT2D eigenvalue weighted by atomic mass is 16.5. The Labute approximate surface area is 158 Å². The SMILES string of the molecule is COc1ccc(CC2COc3cc4c(c(O)c3C2=O)C=CC(C)(C)O4)cc1. The summed E-state index contributed by atoms with van der Waals surface area (Å²) in [5.41, 5.74) is 1.31. The molecule has 0 saturated heterocycles. The molecule has 2 aliphatic heterocycles. The van der Waals surface area contributed by atoms with Crippen LogP contribution < -0.4 is 14.2 Å². The zero-order valence-electron chi connectivity index (χ0n) is 15.6. The fourth-order valence-corrected chi connectivity index (χ4v) is 3.50. The van der Waals surface area contributed by atoms with Gasteiger partial charge in [-0.2, -0.15) is 0 Å². The van der Waals surface area contributed by atoms with E-state index in [1.807, 2.05) is 44.2 Å². The van der Waals surface area contributed by atoms with Crippen LogP contribution in [0.25, 0.3) is 6.08 Å². The minimum absolute atomic E-state index is 0.0707. The molecule has 0 bridgehead atoms. The van der Waals surface area contributed by atoms with Gasteiger partial charge < -0.3 is 19.3 Å². The number of carbonyl (C=O) groups is 1. The van der Waals surface area contributed by atoms with Crippen LogP contribution in [0.5, 0.6) is 23.0 Å². The summed E-state index contributed by atoms with van der Waals surface area (Å²) in [6, 6.07) is 9.32. The fourth-order valence-electron chi connectivity index (χ4n) is 3.50. The molecule has 0 saturated carbocycles. The maximum Gasteiger partial charge on any atom is 0.177 e. The van der Waals surface area contributed by atoms with Crippen molar-refractivity contribution in [3.05, 3.63) is 53.1 Å². The van der Waals surface area contributed by atoms with Crippen molar-refractivity contribution >= 4 is 11.9 Å². The van der Waals surface area contributed by atoms with Gasteiger partial charge in [0.25, 0.3) is 0 Å². The number of fused-ring (bicyclic) bond motifs is 2. The molecule has 2 heterocycles. The van der Waals surface area contributed by atoms with Crippen LogP contribution in [-0.2, 0) is 6.42 Å². The number of phenolic OH excluding ortho intramolecular Hbond substituents is 1. The first-order valence-corrected chi connectivity index (χ1v) is 8.96. The summed E-state index contributed by atoms with van der Waals surface area (Å²) >= 11 is 0. The van der Waals surface area contributed by atoms with Crippen LogP contribution in [0, 0.1) is 5.92 Å². The second-order valence-corrected chi connectivity index (χ2v) is 7.47. The van der Waals surface area contributed by atoms with Gasteiger partial charge in [0.1, 0.15) is 34.2 Å². The summed E-state index contributed by atoms with van der Waals surface area (Å²) in [4.78, 5) is 13.0. The third-order valence-corrected chi connectivity index (χ3v) is 4.99. The van der Waals surface area contributed by atoms with E-state index >= 15 is 0 Å². The van der Waals surface area contributed by atoms with Crippen LogP contribution in [0.4, 0.5) is 0 Å². The molecule has 0 aromatic heterocycles. The molecule has 0 fully saturated rings. The Kier molecular flexibility index (Phi) is 4.10. The molecule has 0 amide bonds. The number of carbonyl (C=O) groups excluding carboxylic acids is 1. The fraction of sp³-hybridized carbons (Fsp3) is 0.318. The number of Topliss-reactive ketones (excluding diaryl/α,β-unsaturated/α-hetero) is 1. The molecular weight excluding hydrogens is 344 g/mol. The highest BCUT2D eigenvalue weighted by Crippen LogP contribution is 2.45. The molecule has 27 heavy (non-hydrogen) atoms. The van der Waals surface area contributed by atoms with Crippen molar-refractivity contribution in [2.45, 2.75) is 25.9 Å². The molecule has 1 atom stereocenters. The molecule has 5 heteroatoms. The zero-order valence-corrected chi connectivity index (χ0v) is 15.6. The first kappa shape index (κ1) is 17.5. The number of hydrogen-bond donors (Lipinski definition) is 1. The average molecular weight is 366 g/mol. The minimum atomic E-state index is -0.469. The summed E-state index contributed by atoms with van der Waals surface area (Å²) in [6.07, 6.45) is 4.21. The Hall–Kier alpha value is -2.95. The molecule has 0 aliphatic carbocycles. The Morgan fingerprint density at radius 2 is 1.96 bits per heavy atom. The van der Waals surface area contributed by atoms with E-state index in [4.69, 9.17) is 14.2 Å². The molecule has 0 spiro atoms. The Bertz CT molecular complexity index is 925. The highest BCUT2D eigenvalue weighted by Gasteiger charge is 2.35. The van der Waals surface area contributed by atoms with E-state index < -0.39 is 5.60 Å². The summed E-state index contributed by atoms with van der Waals surface area (Å²) < 4.78 is 16.9. The molecule has 2 aliphatic rings. The van der Waals surface area contributed by atoms with E-state index in [1.54, 1.807) is 19.3 Å². The maximum absolute atomic E-state index is 13.0. The Morgan fingerprint density at radius 1 is 1.22 bits per heavy atom. The van der Waals surface area contributed by atoms with Gasteiger partial charge in [0.2, 0.25) is 0 Å². The monoisotopic (exact) mass is 366 g/mol. The van der Waals surface area contributed by atoms with Gasteiger partial charge in [0.15, 0.2) is 5.78 Å². The number of rotatable bonds is 3. The van der Waals surface area contributed by atoms with Gasteiger partial charge in [-0.25, -0.2) is 0 Å². The Balaban J connectivity index is 1.64. The molecule has 1 N–H and O–H groups in total. The molecular formula is C22H22O5. The minimum Gasteiger partial charge on any atom is -0.506 e. The molecule has 2 aromatic rings. The van der Waals surface area contributed by atoms with E-state index in [9.17, 15) is 9.90 Å². The largest absolute Gasteiger partial charge is 0.506 e. The number of hydrogen-bond acceptors (Lipinski definition) is 5. The van der Waals surface area contributed by atoms with E-state index in [0.717, 1.165) is 11.3 Å². The first-order chi connectivity index (χ1) is 12.9. The van der Waals surface area contributed by atoms with Gasteiger partial charge in [-0.05, 0) is 50.1 Å². The number of ether oxygens (including phenoxy) is 3. The van der Waals surface area contributed by atoms with Crippen LogP contribution in [0.3, 0.4) is 0 Å². The highest BCUT2D eigenvalue weighted by molar-refractivity contribution is 6.05. The molecule has 0 radical (unpaired) electrons. The number of phenols is 1. The third kappa shape index (κ3) is 3.14. The second-order valence-electron chi connectivity index (χ2n) is 7.47. The van der Waals surface area contributed by atoms with Crippen molar-refractivity contribution < 1.29 is 24.1 Å². The normalized spacial score (nSPS) is 19.5. The topological polar surface area (TPSA) is 65.0 Å². The van der Waals surface area contributed by atoms with Crippen LogP contribution in [0.15, 0.2) is 36.4 Å². The van der Waals surface area contributed by atoms with Gasteiger partial charge in [0, 0.05) is 6.07 Å². The van der Waals surface area contributed by atoms with Gasteiger partial charge in [-0.1, -0.05) is 12.1 Å². The van der Waals surface area contributed by atoms with Crippen LogP contribution >= 0.6 is 0 Å². The number of ketones is 1. The first-order valence-electron chi connectivity index (χ1n) is 8.96. The molecule has 5 nitrogen and oxygen atoms in total. The van der Waals surface area contributed by atoms with Crippen LogP contribution in [0.1, 0.15) is 35.3 Å². The lowest BCUT2D eigenvalue weighted by atomic mass is 9.87. The van der Waals surface area contributed by atoms with E-state index in [0.29, 0.717) is 23.5 Å². The third-order valence-electron chi connectivity index (χ3n) is 4.99. The van der Waals surface area contributed by atoms with Crippen LogP contribution in [0.2, 0.25) is 0 Å². The summed E-state index contributed by atoms with van der Waals surface area (Å²) in [5, 5.41) is 10.7. The second kappa shape index (κ2) is 6.34. The lowest BCUT2D eigenvalue weighted by molar-refractivity contribution is 0.0824. The standard InChI is InChI=1S/C22H22O5/c1-22(2)9-8-16-17(27-22)11-18-19(21(16)24)20(23)14(12-26-18)10-13-4-6-15(25-3)7-5-13/h4-9,11,14,24H,10,12H2,1-3H3. The van der Waals surface area contributed by atoms with Gasteiger partial charge in [-0.15, -0.1) is 0 Å². The summed E-state index contributed by atoms with van der Waals surface area (Å²) in [6.45, 7) is 4.13. The van der Waals surface area contributed by atoms with Gasteiger partial charge in [-0.3, -0.25) is 4.79 Å². The maximum atomic E-state index is 13.0. The smallest absolute Gasteiger partial charge is 0.177 e. The lowest BCUT2D eigenvalue weighted by Crippen LogP contribution is -2.31.